The molecule has 0 fully saturated rings. The summed E-state index contributed by atoms with van der Waals surface area (Å²) in [5.74, 6) is 0.857. The summed E-state index contributed by atoms with van der Waals surface area (Å²) in [4.78, 5) is 0. The molecule has 0 atom stereocenters. The van der Waals surface area contributed by atoms with Crippen LogP contribution in [0.4, 0.5) is 0 Å². The van der Waals surface area contributed by atoms with Crippen LogP contribution in [0.15, 0.2) is 176 Å². The van der Waals surface area contributed by atoms with Gasteiger partial charge in [0.25, 0.3) is 0 Å². The first-order chi connectivity index (χ1) is 22.8. The van der Waals surface area contributed by atoms with Gasteiger partial charge in [-0.15, -0.1) is 0 Å². The van der Waals surface area contributed by atoms with Gasteiger partial charge in [0.1, 0.15) is 5.75 Å². The van der Waals surface area contributed by atoms with Crippen LogP contribution in [0.2, 0.25) is 0 Å². The van der Waals surface area contributed by atoms with Gasteiger partial charge in [0.05, 0.1) is 7.11 Å². The first-order valence-corrected chi connectivity index (χ1v) is 15.7. The molecule has 1 nitrogen and oxygen atoms in total. The lowest BCUT2D eigenvalue weighted by Crippen LogP contribution is -1.92. The van der Waals surface area contributed by atoms with Crippen molar-refractivity contribution in [1.29, 1.82) is 0 Å². The molecule has 0 aliphatic rings. The lowest BCUT2D eigenvalue weighted by Gasteiger charge is -2.19. The van der Waals surface area contributed by atoms with Gasteiger partial charge in [-0.1, -0.05) is 158 Å². The summed E-state index contributed by atoms with van der Waals surface area (Å²) in [6.45, 7) is 0. The normalized spacial score (nSPS) is 11.2. The van der Waals surface area contributed by atoms with E-state index in [1.54, 1.807) is 7.11 Å². The van der Waals surface area contributed by atoms with Gasteiger partial charge < -0.3 is 4.74 Å². The van der Waals surface area contributed by atoms with E-state index in [1.807, 2.05) is 12.1 Å². The first-order valence-electron chi connectivity index (χ1n) is 15.7. The van der Waals surface area contributed by atoms with Crippen LogP contribution >= 0.6 is 0 Å². The zero-order valence-electron chi connectivity index (χ0n) is 25.7. The van der Waals surface area contributed by atoms with E-state index in [0.29, 0.717) is 0 Å². The minimum absolute atomic E-state index is 0.857. The van der Waals surface area contributed by atoms with Crippen molar-refractivity contribution in [2.75, 3.05) is 7.11 Å². The van der Waals surface area contributed by atoms with Crippen molar-refractivity contribution in [2.45, 2.75) is 0 Å². The summed E-state index contributed by atoms with van der Waals surface area (Å²) >= 11 is 0. The Balaban J connectivity index is 1.37. The van der Waals surface area contributed by atoms with E-state index in [1.165, 1.54) is 71.6 Å². The molecule has 0 saturated carbocycles. The fourth-order valence-electron chi connectivity index (χ4n) is 6.68. The number of hydrogen-bond donors (Lipinski definition) is 0. The Morgan fingerprint density at radius 1 is 0.283 bits per heavy atom. The van der Waals surface area contributed by atoms with Gasteiger partial charge >= 0.3 is 0 Å². The Morgan fingerprint density at radius 2 is 0.630 bits per heavy atom. The highest BCUT2D eigenvalue weighted by atomic mass is 16.5. The Morgan fingerprint density at radius 3 is 1.13 bits per heavy atom. The summed E-state index contributed by atoms with van der Waals surface area (Å²) in [6, 6.07) is 63.4. The van der Waals surface area contributed by atoms with Crippen LogP contribution in [0.3, 0.4) is 0 Å². The molecule has 0 aliphatic heterocycles. The maximum Gasteiger partial charge on any atom is 0.118 e. The minimum Gasteiger partial charge on any atom is -0.497 e. The van der Waals surface area contributed by atoms with Gasteiger partial charge in [-0.2, -0.15) is 0 Å². The summed E-state index contributed by atoms with van der Waals surface area (Å²) in [5, 5.41) is 4.98. The van der Waals surface area contributed by atoms with Crippen molar-refractivity contribution >= 4 is 21.5 Å². The maximum atomic E-state index is 5.44. The molecule has 218 valence electrons. The molecule has 8 rings (SSSR count). The fraction of sp³-hybridized carbons (Fsp3) is 0.0222. The van der Waals surface area contributed by atoms with Gasteiger partial charge in [-0.25, -0.2) is 0 Å². The predicted octanol–water partition coefficient (Wildman–Crippen LogP) is 12.3. The van der Waals surface area contributed by atoms with Crippen molar-refractivity contribution in [2.24, 2.45) is 0 Å². The van der Waals surface area contributed by atoms with Crippen molar-refractivity contribution in [1.82, 2.24) is 0 Å². The van der Waals surface area contributed by atoms with Gasteiger partial charge in [-0.3, -0.25) is 0 Å². The van der Waals surface area contributed by atoms with Crippen molar-refractivity contribution in [3.63, 3.8) is 0 Å². The highest BCUT2D eigenvalue weighted by Crippen LogP contribution is 2.45. The zero-order chi connectivity index (χ0) is 30.9. The molecule has 0 unspecified atom stereocenters. The Kier molecular flexibility index (Phi) is 7.13. The lowest BCUT2D eigenvalue weighted by atomic mass is 9.84. The van der Waals surface area contributed by atoms with E-state index in [0.717, 1.165) is 11.3 Å². The SMILES string of the molecule is COc1ccc(-c2ccc3c(-c4ccc(-c5ccccc5)cc4)c4ccccc4c(-c4ccc(-c5ccccc5)cc4)c3c2)cc1. The number of methoxy groups -OCH3 is 1. The molecule has 0 aromatic heterocycles. The number of fused-ring (bicyclic) bond motifs is 2. The van der Waals surface area contributed by atoms with E-state index >= 15 is 0 Å². The molecule has 0 saturated heterocycles. The number of benzene rings is 8. The van der Waals surface area contributed by atoms with Crippen molar-refractivity contribution in [3.05, 3.63) is 176 Å². The maximum absolute atomic E-state index is 5.44. The van der Waals surface area contributed by atoms with Crippen LogP contribution in [0.1, 0.15) is 0 Å². The van der Waals surface area contributed by atoms with Crippen LogP contribution in [-0.2, 0) is 0 Å². The molecule has 8 aromatic rings. The largest absolute Gasteiger partial charge is 0.497 e. The van der Waals surface area contributed by atoms with Gasteiger partial charge in [0.15, 0.2) is 0 Å². The Bertz CT molecular complexity index is 2280. The molecule has 0 heterocycles. The summed E-state index contributed by atoms with van der Waals surface area (Å²) in [6.07, 6.45) is 0. The van der Waals surface area contributed by atoms with Crippen LogP contribution in [0.5, 0.6) is 5.75 Å². The molecule has 0 spiro atoms. The number of hydrogen-bond acceptors (Lipinski definition) is 1. The monoisotopic (exact) mass is 588 g/mol. The summed E-state index contributed by atoms with van der Waals surface area (Å²) < 4.78 is 5.44. The van der Waals surface area contributed by atoms with E-state index in [-0.39, 0.29) is 0 Å². The minimum atomic E-state index is 0.857. The zero-order valence-corrected chi connectivity index (χ0v) is 25.7. The van der Waals surface area contributed by atoms with E-state index in [9.17, 15) is 0 Å². The number of rotatable bonds is 6. The van der Waals surface area contributed by atoms with E-state index in [2.05, 4.69) is 164 Å². The molecule has 0 aliphatic carbocycles. The molecule has 46 heavy (non-hydrogen) atoms. The molecule has 0 N–H and O–H groups in total. The van der Waals surface area contributed by atoms with Gasteiger partial charge in [0, 0.05) is 0 Å². The Hall–Kier alpha value is -5.92. The second-order valence-electron chi connectivity index (χ2n) is 11.7. The highest BCUT2D eigenvalue weighted by Gasteiger charge is 2.18. The fourth-order valence-corrected chi connectivity index (χ4v) is 6.68. The van der Waals surface area contributed by atoms with Crippen LogP contribution in [-0.4, -0.2) is 7.11 Å². The standard InChI is InChI=1S/C45H32O/c1-46-39-27-24-35(25-28-39)38-26-29-42-43(30-38)45(37-22-18-34(19-23-37)32-12-6-3-7-13-32)41-15-9-8-14-40(41)44(42)36-20-16-33(17-21-36)31-10-4-2-5-11-31/h2-30H,1H3. The average Bonchev–Trinajstić information content (AvgIpc) is 3.14. The quantitative estimate of drug-likeness (QED) is 0.176. The van der Waals surface area contributed by atoms with Crippen LogP contribution in [0, 0.1) is 0 Å². The summed E-state index contributed by atoms with van der Waals surface area (Å²) in [7, 11) is 1.71. The van der Waals surface area contributed by atoms with Crippen molar-refractivity contribution < 1.29 is 4.74 Å². The second kappa shape index (κ2) is 11.9. The highest BCUT2D eigenvalue weighted by molar-refractivity contribution is 6.22. The lowest BCUT2D eigenvalue weighted by molar-refractivity contribution is 0.415. The molecular weight excluding hydrogens is 556 g/mol. The Labute approximate surface area is 270 Å². The molecular formula is C45H32O. The van der Waals surface area contributed by atoms with Crippen molar-refractivity contribution in [3.8, 4) is 61.4 Å². The third-order valence-electron chi connectivity index (χ3n) is 9.01. The average molecular weight is 589 g/mol. The van der Waals surface area contributed by atoms with Gasteiger partial charge in [0.2, 0.25) is 0 Å². The van der Waals surface area contributed by atoms with Crippen LogP contribution < -0.4 is 4.74 Å². The molecule has 0 bridgehead atoms. The first kappa shape index (κ1) is 27.6. The molecule has 1 heteroatoms. The predicted molar refractivity (Wildman–Crippen MR) is 195 cm³/mol. The van der Waals surface area contributed by atoms with E-state index < -0.39 is 0 Å². The third-order valence-corrected chi connectivity index (χ3v) is 9.01. The van der Waals surface area contributed by atoms with Gasteiger partial charge in [-0.05, 0) is 95.4 Å². The van der Waals surface area contributed by atoms with E-state index in [4.69, 9.17) is 4.74 Å². The summed E-state index contributed by atoms with van der Waals surface area (Å²) in [5.41, 5.74) is 12.2. The topological polar surface area (TPSA) is 9.23 Å². The third kappa shape index (κ3) is 5.02. The second-order valence-corrected chi connectivity index (χ2v) is 11.7. The molecule has 0 amide bonds. The van der Waals surface area contributed by atoms with Crippen LogP contribution in [0.25, 0.3) is 77.2 Å². The molecule has 8 aromatic carbocycles. The molecule has 0 radical (unpaired) electrons. The smallest absolute Gasteiger partial charge is 0.118 e. The number of ether oxygens (including phenoxy) is 1.